The van der Waals surface area contributed by atoms with Crippen LogP contribution >= 0.6 is 11.3 Å². The Morgan fingerprint density at radius 1 is 1.17 bits per heavy atom. The second-order valence-electron chi connectivity index (χ2n) is 7.47. The van der Waals surface area contributed by atoms with Gasteiger partial charge in [-0.25, -0.2) is 0 Å². The lowest BCUT2D eigenvalue weighted by Crippen LogP contribution is -2.37. The minimum absolute atomic E-state index is 0.316. The first-order valence-corrected chi connectivity index (χ1v) is 10.2. The molecule has 0 saturated carbocycles. The van der Waals surface area contributed by atoms with Gasteiger partial charge in [-0.1, -0.05) is 6.92 Å². The van der Waals surface area contributed by atoms with Crippen molar-refractivity contribution in [1.82, 2.24) is 9.80 Å². The van der Waals surface area contributed by atoms with Crippen LogP contribution in [0.2, 0.25) is 0 Å². The van der Waals surface area contributed by atoms with Crippen LogP contribution in [0.1, 0.15) is 44.6 Å². The maximum Gasteiger partial charge on any atom is 0.227 e. The van der Waals surface area contributed by atoms with Gasteiger partial charge < -0.3 is 9.80 Å². The number of carbonyl (C=O) groups excluding carboxylic acids is 1. The van der Waals surface area contributed by atoms with Gasteiger partial charge in [0.25, 0.3) is 0 Å². The lowest BCUT2D eigenvalue weighted by Gasteiger charge is -2.32. The third-order valence-electron chi connectivity index (χ3n) is 5.53. The van der Waals surface area contributed by atoms with Crippen LogP contribution in [0.25, 0.3) is 0 Å². The Kier molecular flexibility index (Phi) is 6.12. The first-order chi connectivity index (χ1) is 11.2. The molecule has 0 aromatic carbocycles. The second-order valence-corrected chi connectivity index (χ2v) is 8.25. The fourth-order valence-electron chi connectivity index (χ4n) is 3.89. The number of hydrogen-bond acceptors (Lipinski definition) is 3. The Morgan fingerprint density at radius 3 is 2.74 bits per heavy atom. The number of piperidine rings is 1. The van der Waals surface area contributed by atoms with E-state index in [9.17, 15) is 4.79 Å². The van der Waals surface area contributed by atoms with Gasteiger partial charge in [0.2, 0.25) is 5.91 Å². The first-order valence-electron chi connectivity index (χ1n) is 9.22. The van der Waals surface area contributed by atoms with Crippen LogP contribution in [0.15, 0.2) is 16.8 Å². The number of carbonyl (C=O) groups is 1. The zero-order chi connectivity index (χ0) is 16.1. The van der Waals surface area contributed by atoms with Gasteiger partial charge in [0.05, 0.1) is 6.42 Å². The van der Waals surface area contributed by atoms with Crippen molar-refractivity contribution in [3.8, 4) is 0 Å². The van der Waals surface area contributed by atoms with Gasteiger partial charge in [-0.3, -0.25) is 4.79 Å². The van der Waals surface area contributed by atoms with E-state index >= 15 is 0 Å². The Morgan fingerprint density at radius 2 is 2.00 bits per heavy atom. The number of hydrogen-bond donors (Lipinski definition) is 0. The van der Waals surface area contributed by atoms with E-state index in [1.54, 1.807) is 11.3 Å². The normalized spacial score (nSPS) is 24.6. The van der Waals surface area contributed by atoms with Crippen molar-refractivity contribution < 1.29 is 4.79 Å². The van der Waals surface area contributed by atoms with Crippen molar-refractivity contribution in [3.63, 3.8) is 0 Å². The van der Waals surface area contributed by atoms with Crippen LogP contribution in [0.5, 0.6) is 0 Å². The van der Waals surface area contributed by atoms with Crippen LogP contribution in [-0.2, 0) is 11.2 Å². The Bertz CT molecular complexity index is 480. The molecule has 3 rings (SSSR count). The van der Waals surface area contributed by atoms with Gasteiger partial charge in [-0.15, -0.1) is 0 Å². The van der Waals surface area contributed by atoms with E-state index in [2.05, 4.69) is 33.6 Å². The van der Waals surface area contributed by atoms with Crippen molar-refractivity contribution in [3.05, 3.63) is 22.4 Å². The highest BCUT2D eigenvalue weighted by atomic mass is 32.1. The molecule has 3 nitrogen and oxygen atoms in total. The minimum Gasteiger partial charge on any atom is -0.342 e. The zero-order valence-electron chi connectivity index (χ0n) is 14.4. The molecule has 0 spiro atoms. The van der Waals surface area contributed by atoms with E-state index < -0.39 is 0 Å². The van der Waals surface area contributed by atoms with Crippen LogP contribution in [0.3, 0.4) is 0 Å². The topological polar surface area (TPSA) is 23.6 Å². The van der Waals surface area contributed by atoms with Gasteiger partial charge in [0.1, 0.15) is 0 Å². The van der Waals surface area contributed by atoms with Gasteiger partial charge in [-0.05, 0) is 79.4 Å². The molecule has 4 heteroatoms. The Balaban J connectivity index is 1.44. The molecule has 1 amide bonds. The molecule has 1 atom stereocenters. The predicted octanol–water partition coefficient (Wildman–Crippen LogP) is 3.65. The summed E-state index contributed by atoms with van der Waals surface area (Å²) in [5, 5.41) is 4.15. The van der Waals surface area contributed by atoms with Gasteiger partial charge in [-0.2, -0.15) is 11.3 Å². The first kappa shape index (κ1) is 17.0. The molecule has 0 bridgehead atoms. The van der Waals surface area contributed by atoms with Crippen LogP contribution in [0.4, 0.5) is 0 Å². The molecule has 0 aliphatic carbocycles. The van der Waals surface area contributed by atoms with Crippen LogP contribution in [0, 0.1) is 11.8 Å². The maximum atomic E-state index is 12.5. The summed E-state index contributed by atoms with van der Waals surface area (Å²) >= 11 is 1.68. The summed E-state index contributed by atoms with van der Waals surface area (Å²) in [4.78, 5) is 17.2. The molecule has 23 heavy (non-hydrogen) atoms. The Labute approximate surface area is 144 Å². The van der Waals surface area contributed by atoms with E-state index in [0.717, 1.165) is 24.9 Å². The van der Waals surface area contributed by atoms with Crippen molar-refractivity contribution in [1.29, 1.82) is 0 Å². The Hall–Kier alpha value is -0.870. The molecule has 3 heterocycles. The quantitative estimate of drug-likeness (QED) is 0.839. The van der Waals surface area contributed by atoms with Crippen LogP contribution < -0.4 is 0 Å². The number of likely N-dealkylation sites (tertiary alicyclic amines) is 2. The standard InChI is InChI=1S/C19H30N2OS/c1-16-4-9-20(10-5-16)14-17-3-2-8-21(11-6-17)19(22)13-18-7-12-23-15-18/h7,12,15-17H,2-6,8-11,13-14H2,1H3. The lowest BCUT2D eigenvalue weighted by molar-refractivity contribution is -0.130. The lowest BCUT2D eigenvalue weighted by atomic mass is 9.95. The predicted molar refractivity (Wildman–Crippen MR) is 96.8 cm³/mol. The van der Waals surface area contributed by atoms with Crippen molar-refractivity contribution >= 4 is 17.2 Å². The van der Waals surface area contributed by atoms with E-state index in [-0.39, 0.29) is 0 Å². The van der Waals surface area contributed by atoms with Gasteiger partial charge in [0, 0.05) is 19.6 Å². The molecule has 2 aliphatic rings. The maximum absolute atomic E-state index is 12.5. The van der Waals surface area contributed by atoms with Crippen molar-refractivity contribution in [2.75, 3.05) is 32.7 Å². The average molecular weight is 335 g/mol. The number of nitrogens with zero attached hydrogens (tertiary/aromatic N) is 2. The molecule has 1 aromatic rings. The van der Waals surface area contributed by atoms with Crippen LogP contribution in [-0.4, -0.2) is 48.4 Å². The number of thiophene rings is 1. The smallest absolute Gasteiger partial charge is 0.227 e. The molecule has 2 fully saturated rings. The second kappa shape index (κ2) is 8.29. The number of amides is 1. The third-order valence-corrected chi connectivity index (χ3v) is 6.26. The molecule has 0 N–H and O–H groups in total. The molecule has 1 aromatic heterocycles. The van der Waals surface area contributed by atoms with Crippen molar-refractivity contribution in [2.45, 2.75) is 45.4 Å². The summed E-state index contributed by atoms with van der Waals surface area (Å²) in [6.07, 6.45) is 6.94. The monoisotopic (exact) mass is 334 g/mol. The zero-order valence-corrected chi connectivity index (χ0v) is 15.2. The molecular weight excluding hydrogens is 304 g/mol. The molecule has 2 saturated heterocycles. The molecular formula is C19H30N2OS. The highest BCUT2D eigenvalue weighted by Crippen LogP contribution is 2.23. The summed E-state index contributed by atoms with van der Waals surface area (Å²) in [5.74, 6) is 2.00. The molecule has 128 valence electrons. The average Bonchev–Trinajstić information content (AvgIpc) is 2.94. The van der Waals surface area contributed by atoms with Gasteiger partial charge >= 0.3 is 0 Å². The summed E-state index contributed by atoms with van der Waals surface area (Å²) in [6, 6.07) is 2.07. The van der Waals surface area contributed by atoms with E-state index in [4.69, 9.17) is 0 Å². The summed E-state index contributed by atoms with van der Waals surface area (Å²) < 4.78 is 0. The fourth-order valence-corrected chi connectivity index (χ4v) is 4.56. The summed E-state index contributed by atoms with van der Waals surface area (Å²) in [5.41, 5.74) is 1.17. The van der Waals surface area contributed by atoms with Gasteiger partial charge in [0.15, 0.2) is 0 Å². The summed E-state index contributed by atoms with van der Waals surface area (Å²) in [6.45, 7) is 8.09. The SMILES string of the molecule is CC1CCN(CC2CCCN(C(=O)Cc3ccsc3)CC2)CC1. The molecule has 0 radical (unpaired) electrons. The molecule has 1 unspecified atom stereocenters. The fraction of sp³-hybridized carbons (Fsp3) is 0.737. The minimum atomic E-state index is 0.316. The van der Waals surface area contributed by atoms with E-state index in [1.807, 2.05) is 0 Å². The number of rotatable bonds is 4. The van der Waals surface area contributed by atoms with E-state index in [0.29, 0.717) is 12.3 Å². The largest absolute Gasteiger partial charge is 0.342 e. The highest BCUT2D eigenvalue weighted by Gasteiger charge is 2.24. The third kappa shape index (κ3) is 5.05. The highest BCUT2D eigenvalue weighted by molar-refractivity contribution is 7.07. The van der Waals surface area contributed by atoms with Crippen molar-refractivity contribution in [2.24, 2.45) is 11.8 Å². The summed E-state index contributed by atoms with van der Waals surface area (Å²) in [7, 11) is 0. The molecule has 2 aliphatic heterocycles. The van der Waals surface area contributed by atoms with E-state index in [1.165, 1.54) is 57.3 Å².